The van der Waals surface area contributed by atoms with E-state index in [0.717, 1.165) is 25.9 Å². The van der Waals surface area contributed by atoms with Crippen molar-refractivity contribution in [1.82, 2.24) is 15.2 Å². The van der Waals surface area contributed by atoms with Gasteiger partial charge in [-0.05, 0) is 49.6 Å². The standard InChI is InChI=1S/C21H26FN3O2/c22-20-14-23-10-8-19(20)16-5-3-6-17(13-16)21(27)24-9-4-12-25-11-2-1-7-18(25)15-26/h3,5-6,8,10,13-14,18,26H,1-2,4,7,9,11-12,15H2,(H,24,27)/t18-/m0/s1. The van der Waals surface area contributed by atoms with Gasteiger partial charge in [-0.3, -0.25) is 14.7 Å². The number of pyridine rings is 1. The molecule has 1 atom stereocenters. The van der Waals surface area contributed by atoms with Crippen molar-refractivity contribution in [2.75, 3.05) is 26.2 Å². The molecule has 2 heterocycles. The summed E-state index contributed by atoms with van der Waals surface area (Å²) in [6.45, 7) is 2.65. The van der Waals surface area contributed by atoms with E-state index in [1.165, 1.54) is 25.2 Å². The van der Waals surface area contributed by atoms with Crippen molar-refractivity contribution in [3.05, 3.63) is 54.1 Å². The monoisotopic (exact) mass is 371 g/mol. The number of piperidine rings is 1. The van der Waals surface area contributed by atoms with Gasteiger partial charge in [-0.25, -0.2) is 4.39 Å². The molecule has 6 heteroatoms. The highest BCUT2D eigenvalue weighted by molar-refractivity contribution is 5.95. The molecule has 0 bridgehead atoms. The van der Waals surface area contributed by atoms with Crippen LogP contribution in [0.4, 0.5) is 4.39 Å². The van der Waals surface area contributed by atoms with E-state index in [1.807, 2.05) is 0 Å². The lowest BCUT2D eigenvalue weighted by Gasteiger charge is -2.34. The van der Waals surface area contributed by atoms with Gasteiger partial charge in [0.15, 0.2) is 0 Å². The van der Waals surface area contributed by atoms with Crippen LogP contribution in [0.5, 0.6) is 0 Å². The Morgan fingerprint density at radius 3 is 3.04 bits per heavy atom. The lowest BCUT2D eigenvalue weighted by atomic mass is 10.0. The number of nitrogens with one attached hydrogen (secondary N) is 1. The summed E-state index contributed by atoms with van der Waals surface area (Å²) in [5.41, 5.74) is 1.59. The number of carbonyl (C=O) groups excluding carboxylic acids is 1. The molecular weight excluding hydrogens is 345 g/mol. The number of aliphatic hydroxyl groups excluding tert-OH is 1. The lowest BCUT2D eigenvalue weighted by molar-refractivity contribution is 0.0868. The highest BCUT2D eigenvalue weighted by Crippen LogP contribution is 2.22. The van der Waals surface area contributed by atoms with Gasteiger partial charge < -0.3 is 10.4 Å². The first-order valence-electron chi connectivity index (χ1n) is 9.52. The second-order valence-electron chi connectivity index (χ2n) is 6.91. The summed E-state index contributed by atoms with van der Waals surface area (Å²) in [5.74, 6) is -0.571. The van der Waals surface area contributed by atoms with Gasteiger partial charge in [-0.15, -0.1) is 0 Å². The number of benzene rings is 1. The fraction of sp³-hybridized carbons (Fsp3) is 0.429. The van der Waals surface area contributed by atoms with E-state index in [1.54, 1.807) is 30.3 Å². The number of likely N-dealkylation sites (tertiary alicyclic amines) is 1. The zero-order valence-electron chi connectivity index (χ0n) is 15.4. The highest BCUT2D eigenvalue weighted by atomic mass is 19.1. The number of aliphatic hydroxyl groups is 1. The van der Waals surface area contributed by atoms with Gasteiger partial charge >= 0.3 is 0 Å². The minimum atomic E-state index is -0.407. The Labute approximate surface area is 159 Å². The molecule has 1 aromatic heterocycles. The summed E-state index contributed by atoms with van der Waals surface area (Å²) in [6.07, 6.45) is 6.92. The topological polar surface area (TPSA) is 65.5 Å². The average molecular weight is 371 g/mol. The second-order valence-corrected chi connectivity index (χ2v) is 6.91. The Morgan fingerprint density at radius 1 is 1.33 bits per heavy atom. The number of halogens is 1. The molecule has 1 aromatic carbocycles. The Balaban J connectivity index is 1.53. The Morgan fingerprint density at radius 2 is 2.22 bits per heavy atom. The first-order chi connectivity index (χ1) is 13.2. The Kier molecular flexibility index (Phi) is 6.90. The first-order valence-corrected chi connectivity index (χ1v) is 9.52. The Bertz CT molecular complexity index is 769. The number of rotatable bonds is 7. The zero-order valence-corrected chi connectivity index (χ0v) is 15.4. The minimum Gasteiger partial charge on any atom is -0.395 e. The average Bonchev–Trinajstić information content (AvgIpc) is 2.71. The van der Waals surface area contributed by atoms with E-state index >= 15 is 0 Å². The third-order valence-corrected chi connectivity index (χ3v) is 5.08. The Hall–Kier alpha value is -2.31. The van der Waals surface area contributed by atoms with Crippen LogP contribution in [-0.4, -0.2) is 53.2 Å². The first kappa shape index (κ1) is 19.5. The summed E-state index contributed by atoms with van der Waals surface area (Å²) in [5, 5.41) is 12.4. The lowest BCUT2D eigenvalue weighted by Crippen LogP contribution is -2.43. The van der Waals surface area contributed by atoms with Crippen molar-refractivity contribution in [1.29, 1.82) is 0 Å². The summed E-state index contributed by atoms with van der Waals surface area (Å²) in [7, 11) is 0. The molecule has 144 valence electrons. The second kappa shape index (κ2) is 9.58. The van der Waals surface area contributed by atoms with Crippen molar-refractivity contribution in [2.24, 2.45) is 0 Å². The molecule has 2 N–H and O–H groups in total. The summed E-state index contributed by atoms with van der Waals surface area (Å²) < 4.78 is 13.9. The largest absolute Gasteiger partial charge is 0.395 e. The number of nitrogens with zero attached hydrogens (tertiary/aromatic N) is 2. The number of aromatic nitrogens is 1. The van der Waals surface area contributed by atoms with Crippen LogP contribution in [0.15, 0.2) is 42.7 Å². The molecule has 2 aromatic rings. The van der Waals surface area contributed by atoms with E-state index in [2.05, 4.69) is 15.2 Å². The van der Waals surface area contributed by atoms with Crippen LogP contribution < -0.4 is 5.32 Å². The van der Waals surface area contributed by atoms with Crippen LogP contribution >= 0.6 is 0 Å². The van der Waals surface area contributed by atoms with Crippen molar-refractivity contribution < 1.29 is 14.3 Å². The highest BCUT2D eigenvalue weighted by Gasteiger charge is 2.20. The number of amides is 1. The third kappa shape index (κ3) is 5.11. The van der Waals surface area contributed by atoms with Crippen LogP contribution in [0.25, 0.3) is 11.1 Å². The molecule has 0 unspecified atom stereocenters. The normalized spacial score (nSPS) is 17.6. The third-order valence-electron chi connectivity index (χ3n) is 5.08. The van der Waals surface area contributed by atoms with Gasteiger partial charge in [0.2, 0.25) is 0 Å². The summed E-state index contributed by atoms with van der Waals surface area (Å²) >= 11 is 0. The van der Waals surface area contributed by atoms with Crippen molar-refractivity contribution in [3.8, 4) is 11.1 Å². The molecule has 1 saturated heterocycles. The fourth-order valence-electron chi connectivity index (χ4n) is 3.58. The van der Waals surface area contributed by atoms with E-state index in [-0.39, 0.29) is 18.6 Å². The van der Waals surface area contributed by atoms with Gasteiger partial charge in [-0.1, -0.05) is 18.6 Å². The van der Waals surface area contributed by atoms with Crippen molar-refractivity contribution in [3.63, 3.8) is 0 Å². The maximum absolute atomic E-state index is 13.9. The maximum atomic E-state index is 13.9. The SMILES string of the molecule is O=C(NCCCN1CCCC[C@H]1CO)c1cccc(-c2ccncc2F)c1. The molecule has 1 aliphatic heterocycles. The zero-order chi connectivity index (χ0) is 19.1. The number of carbonyl (C=O) groups is 1. The van der Waals surface area contributed by atoms with Crippen LogP contribution in [-0.2, 0) is 0 Å². The van der Waals surface area contributed by atoms with E-state index in [9.17, 15) is 14.3 Å². The molecule has 27 heavy (non-hydrogen) atoms. The molecule has 1 fully saturated rings. The van der Waals surface area contributed by atoms with Crippen LogP contribution in [0, 0.1) is 5.82 Å². The maximum Gasteiger partial charge on any atom is 0.251 e. The number of hydrogen-bond donors (Lipinski definition) is 2. The van der Waals surface area contributed by atoms with E-state index in [4.69, 9.17) is 0 Å². The molecule has 0 radical (unpaired) electrons. The molecule has 0 aliphatic carbocycles. The summed E-state index contributed by atoms with van der Waals surface area (Å²) in [4.78, 5) is 18.5. The number of hydrogen-bond acceptors (Lipinski definition) is 4. The van der Waals surface area contributed by atoms with E-state index in [0.29, 0.717) is 23.2 Å². The van der Waals surface area contributed by atoms with Crippen LogP contribution in [0.3, 0.4) is 0 Å². The molecular formula is C21H26FN3O2. The van der Waals surface area contributed by atoms with Gasteiger partial charge in [0.05, 0.1) is 12.8 Å². The predicted octanol–water partition coefficient (Wildman–Crippen LogP) is 2.85. The van der Waals surface area contributed by atoms with E-state index < -0.39 is 5.82 Å². The van der Waals surface area contributed by atoms with Gasteiger partial charge in [0, 0.05) is 36.5 Å². The van der Waals surface area contributed by atoms with Gasteiger partial charge in [0.25, 0.3) is 5.91 Å². The summed E-state index contributed by atoms with van der Waals surface area (Å²) in [6, 6.07) is 8.80. The fourth-order valence-corrected chi connectivity index (χ4v) is 3.58. The van der Waals surface area contributed by atoms with Crippen molar-refractivity contribution in [2.45, 2.75) is 31.7 Å². The molecule has 3 rings (SSSR count). The van der Waals surface area contributed by atoms with Crippen LogP contribution in [0.1, 0.15) is 36.0 Å². The molecule has 0 spiro atoms. The molecule has 1 aliphatic rings. The minimum absolute atomic E-state index is 0.163. The molecule has 0 saturated carbocycles. The van der Waals surface area contributed by atoms with Gasteiger partial charge in [0.1, 0.15) is 5.82 Å². The predicted molar refractivity (Wildman–Crippen MR) is 103 cm³/mol. The molecule has 1 amide bonds. The quantitative estimate of drug-likeness (QED) is 0.735. The smallest absolute Gasteiger partial charge is 0.251 e. The van der Waals surface area contributed by atoms with Crippen LogP contribution in [0.2, 0.25) is 0 Å². The van der Waals surface area contributed by atoms with Gasteiger partial charge in [-0.2, -0.15) is 0 Å². The molecule has 5 nitrogen and oxygen atoms in total. The van der Waals surface area contributed by atoms with Crippen molar-refractivity contribution >= 4 is 5.91 Å².